The van der Waals surface area contributed by atoms with E-state index in [1.165, 1.54) is 10.8 Å². The van der Waals surface area contributed by atoms with E-state index in [9.17, 15) is 23.1 Å². The predicted octanol–water partition coefficient (Wildman–Crippen LogP) is 5.88. The monoisotopic (exact) mass is 540 g/mol. The lowest BCUT2D eigenvalue weighted by molar-refractivity contribution is 0.0688. The molecule has 5 rings (SSSR count). The third-order valence-electron chi connectivity index (χ3n) is 6.78. The molecule has 1 saturated carbocycles. The SMILES string of the molecule is Cc1cnc(-c2ccnc(C(C)(C)O)n2)cc1-n1c(C)cc([C@H]2C[C@@H]2c2c(F)ccc(F)c2F)c(Cl)c1=O. The maximum Gasteiger partial charge on any atom is 0.274 e. The molecule has 0 radical (unpaired) electrons. The summed E-state index contributed by atoms with van der Waals surface area (Å²) in [6.45, 7) is 6.69. The van der Waals surface area contributed by atoms with Crippen molar-refractivity contribution in [1.82, 2.24) is 19.5 Å². The molecule has 2 atom stereocenters. The molecular weight excluding hydrogens is 517 g/mol. The number of hydrogen-bond acceptors (Lipinski definition) is 5. The van der Waals surface area contributed by atoms with E-state index < -0.39 is 40.4 Å². The van der Waals surface area contributed by atoms with Gasteiger partial charge in [0, 0.05) is 23.7 Å². The average molecular weight is 541 g/mol. The van der Waals surface area contributed by atoms with Crippen molar-refractivity contribution in [3.05, 3.63) is 104 Å². The van der Waals surface area contributed by atoms with Crippen LogP contribution < -0.4 is 5.56 Å². The Morgan fingerprint density at radius 3 is 2.45 bits per heavy atom. The van der Waals surface area contributed by atoms with E-state index in [1.807, 2.05) is 0 Å². The van der Waals surface area contributed by atoms with Crippen LogP contribution in [0.4, 0.5) is 13.2 Å². The van der Waals surface area contributed by atoms with Crippen LogP contribution in [0.15, 0.2) is 47.5 Å². The van der Waals surface area contributed by atoms with Crippen LogP contribution in [0.1, 0.15) is 60.3 Å². The smallest absolute Gasteiger partial charge is 0.274 e. The average Bonchev–Trinajstić information content (AvgIpc) is 3.65. The normalized spacial score (nSPS) is 17.1. The van der Waals surface area contributed by atoms with Gasteiger partial charge in [0.2, 0.25) is 0 Å². The number of benzene rings is 1. The van der Waals surface area contributed by atoms with E-state index >= 15 is 0 Å². The lowest BCUT2D eigenvalue weighted by Crippen LogP contribution is -2.23. The molecule has 0 unspecified atom stereocenters. The zero-order chi connectivity index (χ0) is 27.5. The van der Waals surface area contributed by atoms with Crippen molar-refractivity contribution >= 4 is 11.6 Å². The van der Waals surface area contributed by atoms with Crippen molar-refractivity contribution in [3.63, 3.8) is 0 Å². The van der Waals surface area contributed by atoms with Gasteiger partial charge < -0.3 is 5.11 Å². The molecule has 0 saturated heterocycles. The zero-order valence-electron chi connectivity index (χ0n) is 21.1. The number of hydrogen-bond donors (Lipinski definition) is 1. The molecule has 3 heterocycles. The quantitative estimate of drug-likeness (QED) is 0.320. The molecule has 0 aliphatic heterocycles. The minimum atomic E-state index is -1.25. The van der Waals surface area contributed by atoms with Gasteiger partial charge in [0.15, 0.2) is 17.5 Å². The van der Waals surface area contributed by atoms with Crippen molar-refractivity contribution in [2.24, 2.45) is 0 Å². The Morgan fingerprint density at radius 1 is 1.03 bits per heavy atom. The van der Waals surface area contributed by atoms with Gasteiger partial charge >= 0.3 is 0 Å². The molecule has 4 aromatic rings. The molecule has 1 N–H and O–H groups in total. The second-order valence-electron chi connectivity index (χ2n) is 10.1. The number of pyridine rings is 2. The summed E-state index contributed by atoms with van der Waals surface area (Å²) in [5.41, 5.74) is 1.12. The Kier molecular flexibility index (Phi) is 6.39. The summed E-state index contributed by atoms with van der Waals surface area (Å²) in [5.74, 6) is -3.96. The van der Waals surface area contributed by atoms with E-state index in [-0.39, 0.29) is 16.4 Å². The molecule has 1 fully saturated rings. The summed E-state index contributed by atoms with van der Waals surface area (Å²) in [4.78, 5) is 26.5. The number of halogens is 4. The van der Waals surface area contributed by atoms with Crippen LogP contribution in [-0.2, 0) is 5.60 Å². The summed E-state index contributed by atoms with van der Waals surface area (Å²) in [7, 11) is 0. The largest absolute Gasteiger partial charge is 0.382 e. The summed E-state index contributed by atoms with van der Waals surface area (Å²) in [5, 5.41) is 10.2. The first-order valence-corrected chi connectivity index (χ1v) is 12.3. The fourth-order valence-electron chi connectivity index (χ4n) is 4.73. The topological polar surface area (TPSA) is 80.9 Å². The minimum Gasteiger partial charge on any atom is -0.382 e. The summed E-state index contributed by atoms with van der Waals surface area (Å²) < 4.78 is 43.9. The Balaban J connectivity index is 1.55. The van der Waals surface area contributed by atoms with Gasteiger partial charge in [-0.25, -0.2) is 23.1 Å². The van der Waals surface area contributed by atoms with E-state index in [0.717, 1.165) is 12.1 Å². The number of aryl methyl sites for hydroxylation is 2. The summed E-state index contributed by atoms with van der Waals surface area (Å²) >= 11 is 6.54. The van der Waals surface area contributed by atoms with E-state index in [4.69, 9.17) is 11.6 Å². The van der Waals surface area contributed by atoms with Crippen LogP contribution in [0.25, 0.3) is 17.1 Å². The van der Waals surface area contributed by atoms with Gasteiger partial charge in [0.05, 0.1) is 17.1 Å². The molecule has 38 heavy (non-hydrogen) atoms. The van der Waals surface area contributed by atoms with Gasteiger partial charge in [-0.1, -0.05) is 11.6 Å². The molecule has 0 bridgehead atoms. The van der Waals surface area contributed by atoms with Gasteiger partial charge in [-0.15, -0.1) is 0 Å². The standard InChI is InChI=1S/C28H24ClF3N4O2/c1-13-12-34-21(20-7-8-33-27(35-20)28(3,4)38)11-22(13)36-14(2)9-17(24(29)26(36)37)15-10-16(15)23-18(30)5-6-19(31)25(23)32/h5-9,11-12,15-16,38H,10H2,1-4H3/t15-,16-/m0/s1. The van der Waals surface area contributed by atoms with Crippen molar-refractivity contribution < 1.29 is 18.3 Å². The molecule has 3 aromatic heterocycles. The number of rotatable bonds is 5. The van der Waals surface area contributed by atoms with Crippen LogP contribution in [0.3, 0.4) is 0 Å². The van der Waals surface area contributed by atoms with Crippen molar-refractivity contribution in [2.75, 3.05) is 0 Å². The molecule has 6 nitrogen and oxygen atoms in total. The first-order chi connectivity index (χ1) is 17.9. The second-order valence-corrected chi connectivity index (χ2v) is 10.5. The van der Waals surface area contributed by atoms with E-state index in [2.05, 4.69) is 15.0 Å². The predicted molar refractivity (Wildman–Crippen MR) is 137 cm³/mol. The van der Waals surface area contributed by atoms with E-state index in [0.29, 0.717) is 40.3 Å². The van der Waals surface area contributed by atoms with Gasteiger partial charge in [-0.2, -0.15) is 0 Å². The number of aromatic nitrogens is 4. The molecular formula is C28H24ClF3N4O2. The van der Waals surface area contributed by atoms with Crippen LogP contribution in [0.2, 0.25) is 5.02 Å². The molecule has 10 heteroatoms. The Bertz CT molecular complexity index is 1650. The molecule has 1 aliphatic rings. The van der Waals surface area contributed by atoms with Crippen molar-refractivity contribution in [1.29, 1.82) is 0 Å². The van der Waals surface area contributed by atoms with Gasteiger partial charge in [-0.3, -0.25) is 14.3 Å². The molecule has 1 aliphatic carbocycles. The third kappa shape index (κ3) is 4.50. The van der Waals surface area contributed by atoms with Crippen LogP contribution >= 0.6 is 11.6 Å². The molecule has 0 spiro atoms. The van der Waals surface area contributed by atoms with Gasteiger partial charge in [0.1, 0.15) is 16.4 Å². The van der Waals surface area contributed by atoms with Gasteiger partial charge in [-0.05, 0) is 87.4 Å². The first-order valence-electron chi connectivity index (χ1n) is 12.0. The molecule has 196 valence electrons. The van der Waals surface area contributed by atoms with Crippen molar-refractivity contribution in [2.45, 2.75) is 51.6 Å². The maximum absolute atomic E-state index is 14.4. The van der Waals surface area contributed by atoms with E-state index in [1.54, 1.807) is 52.1 Å². The zero-order valence-corrected chi connectivity index (χ0v) is 21.8. The first kappa shape index (κ1) is 26.1. The third-order valence-corrected chi connectivity index (χ3v) is 7.16. The lowest BCUT2D eigenvalue weighted by Gasteiger charge is -2.17. The van der Waals surface area contributed by atoms with Crippen LogP contribution in [0, 0.1) is 31.3 Å². The van der Waals surface area contributed by atoms with Crippen LogP contribution in [-0.4, -0.2) is 24.6 Å². The Hall–Kier alpha value is -3.56. The van der Waals surface area contributed by atoms with Gasteiger partial charge in [0.25, 0.3) is 5.56 Å². The van der Waals surface area contributed by atoms with Crippen molar-refractivity contribution in [3.8, 4) is 17.1 Å². The highest BCUT2D eigenvalue weighted by molar-refractivity contribution is 6.31. The molecule has 1 aromatic carbocycles. The second kappa shape index (κ2) is 9.32. The minimum absolute atomic E-state index is 0.0653. The van der Waals surface area contributed by atoms with Crippen LogP contribution in [0.5, 0.6) is 0 Å². The number of aliphatic hydroxyl groups is 1. The Labute approximate surface area is 221 Å². The summed E-state index contributed by atoms with van der Waals surface area (Å²) in [6.07, 6.45) is 3.47. The lowest BCUT2D eigenvalue weighted by atomic mass is 10.0. The highest BCUT2D eigenvalue weighted by Gasteiger charge is 2.45. The maximum atomic E-state index is 14.4. The summed E-state index contributed by atoms with van der Waals surface area (Å²) in [6, 6.07) is 6.73. The fourth-order valence-corrected chi connectivity index (χ4v) is 5.01. The number of nitrogens with zero attached hydrogens (tertiary/aromatic N) is 4. The molecule has 0 amide bonds. The fraction of sp³-hybridized carbons (Fsp3) is 0.286. The Morgan fingerprint density at radius 2 is 1.74 bits per heavy atom. The highest BCUT2D eigenvalue weighted by atomic mass is 35.5. The highest BCUT2D eigenvalue weighted by Crippen LogP contribution is 2.57.